The Hall–Kier alpha value is -1.51. The predicted octanol–water partition coefficient (Wildman–Crippen LogP) is 4.06. The van der Waals surface area contributed by atoms with E-state index in [9.17, 15) is 4.79 Å². The molecular weight excluding hydrogens is 564 g/mol. The molecule has 2 bridgehead atoms. The number of halogens is 2. The average Bonchev–Trinajstić information content (AvgIpc) is 3.29. The molecule has 3 saturated heterocycles. The van der Waals surface area contributed by atoms with E-state index in [4.69, 9.17) is 4.74 Å². The average molecular weight is 594 g/mol. The Balaban J connectivity index is 0.00000289. The monoisotopic (exact) mass is 592 g/mol. The number of carbonyl (C=O) groups excluding carboxylic acids is 1. The molecule has 3 aliphatic heterocycles. The number of thioether (sulfide) groups is 1. The highest BCUT2D eigenvalue weighted by Crippen LogP contribution is 2.37. The van der Waals surface area contributed by atoms with Crippen molar-refractivity contribution in [2.45, 2.75) is 30.4 Å². The van der Waals surface area contributed by atoms with Gasteiger partial charge >= 0.3 is 6.09 Å². The van der Waals surface area contributed by atoms with Crippen LogP contribution in [0.1, 0.15) is 17.7 Å². The summed E-state index contributed by atoms with van der Waals surface area (Å²) < 4.78 is 8.40. The number of carbonyl (C=O) groups is 1. The van der Waals surface area contributed by atoms with Crippen molar-refractivity contribution < 1.29 is 26.4 Å². The lowest BCUT2D eigenvalue weighted by Gasteiger charge is -2.52. The first-order chi connectivity index (χ1) is 16.6. The molecule has 1 amide bonds. The van der Waals surface area contributed by atoms with E-state index in [1.165, 1.54) is 18.0 Å². The lowest BCUT2D eigenvalue weighted by Crippen LogP contribution is -3.00. The number of piperidine rings is 3. The predicted molar refractivity (Wildman–Crippen MR) is 145 cm³/mol. The highest BCUT2D eigenvalue weighted by Gasteiger charge is 2.47. The summed E-state index contributed by atoms with van der Waals surface area (Å²) in [6, 6.07) is 22.6. The van der Waals surface area contributed by atoms with Gasteiger partial charge in [-0.2, -0.15) is 0 Å². The Kier molecular flexibility index (Phi) is 9.22. The Bertz CT molecular complexity index is 1090. The number of benzene rings is 2. The van der Waals surface area contributed by atoms with Crippen molar-refractivity contribution in [3.63, 3.8) is 0 Å². The fourth-order valence-electron chi connectivity index (χ4n) is 5.20. The van der Waals surface area contributed by atoms with E-state index in [2.05, 4.69) is 57.7 Å². The second kappa shape index (κ2) is 12.2. The molecule has 3 aromatic rings. The van der Waals surface area contributed by atoms with E-state index in [0.29, 0.717) is 12.5 Å². The van der Waals surface area contributed by atoms with Crippen molar-refractivity contribution in [1.82, 2.24) is 0 Å². The Morgan fingerprint density at radius 3 is 2.43 bits per heavy atom. The first-order valence-electron chi connectivity index (χ1n) is 11.9. The van der Waals surface area contributed by atoms with Gasteiger partial charge in [0.2, 0.25) is 0 Å². The van der Waals surface area contributed by atoms with Crippen LogP contribution in [0.2, 0.25) is 0 Å². The summed E-state index contributed by atoms with van der Waals surface area (Å²) in [6.45, 7) is 5.01. The Labute approximate surface area is 230 Å². The van der Waals surface area contributed by atoms with Gasteiger partial charge in [-0.15, -0.1) is 23.1 Å². The molecule has 4 heterocycles. The van der Waals surface area contributed by atoms with Crippen LogP contribution in [0.15, 0.2) is 81.5 Å². The highest BCUT2D eigenvalue weighted by atomic mass is 79.9. The van der Waals surface area contributed by atoms with Crippen molar-refractivity contribution >= 4 is 50.8 Å². The highest BCUT2D eigenvalue weighted by molar-refractivity contribution is 9.10. The molecule has 35 heavy (non-hydrogen) atoms. The first kappa shape index (κ1) is 26.6. The number of quaternary nitrogens is 1. The quantitative estimate of drug-likeness (QED) is 0.292. The fourth-order valence-corrected chi connectivity index (χ4v) is 7.70. The van der Waals surface area contributed by atoms with E-state index in [0.717, 1.165) is 51.2 Å². The molecule has 0 N–H and O–H groups in total. The molecule has 3 aliphatic rings. The van der Waals surface area contributed by atoms with Gasteiger partial charge in [0.25, 0.3) is 0 Å². The van der Waals surface area contributed by atoms with Crippen molar-refractivity contribution in [3.8, 4) is 0 Å². The number of hydrogen-bond donors (Lipinski definition) is 0. The number of hydrogen-bond acceptors (Lipinski definition) is 4. The molecule has 0 radical (unpaired) electrons. The van der Waals surface area contributed by atoms with Crippen LogP contribution >= 0.6 is 39.0 Å². The molecule has 4 nitrogen and oxygen atoms in total. The van der Waals surface area contributed by atoms with Crippen LogP contribution in [0, 0.1) is 5.92 Å². The second-order valence-corrected chi connectivity index (χ2v) is 12.3. The molecule has 3 fully saturated rings. The van der Waals surface area contributed by atoms with Crippen molar-refractivity contribution in [3.05, 3.63) is 81.5 Å². The van der Waals surface area contributed by atoms with E-state index >= 15 is 0 Å². The van der Waals surface area contributed by atoms with Gasteiger partial charge in [0.05, 0.1) is 26.2 Å². The van der Waals surface area contributed by atoms with E-state index in [-0.39, 0.29) is 24.6 Å². The molecule has 0 spiro atoms. The van der Waals surface area contributed by atoms with Gasteiger partial charge in [0, 0.05) is 49.8 Å². The number of para-hydroxylation sites is 1. The summed E-state index contributed by atoms with van der Waals surface area (Å²) in [5.74, 6) is 1.58. The molecular formula is C27H30BrClN2O2S2. The summed E-state index contributed by atoms with van der Waals surface area (Å²) in [5.41, 5.74) is 0.876. The number of fused-ring (bicyclic) bond motifs is 3. The molecule has 6 rings (SSSR count). The third-order valence-electron chi connectivity index (χ3n) is 7.10. The van der Waals surface area contributed by atoms with Gasteiger partial charge in [-0.25, -0.2) is 4.79 Å². The molecule has 1 atom stereocenters. The van der Waals surface area contributed by atoms with Gasteiger partial charge in [-0.05, 0) is 46.3 Å². The zero-order valence-electron chi connectivity index (χ0n) is 19.5. The lowest BCUT2D eigenvalue weighted by atomic mass is 9.83. The second-order valence-electron chi connectivity index (χ2n) is 9.27. The van der Waals surface area contributed by atoms with E-state index in [1.54, 1.807) is 16.2 Å². The summed E-state index contributed by atoms with van der Waals surface area (Å²) in [6.07, 6.45) is 2.07. The maximum absolute atomic E-state index is 13.5. The van der Waals surface area contributed by atoms with Gasteiger partial charge in [-0.1, -0.05) is 36.4 Å². The normalized spacial score (nSPS) is 22.9. The molecule has 0 aliphatic carbocycles. The molecule has 1 aromatic heterocycles. The third-order valence-corrected chi connectivity index (χ3v) is 9.77. The zero-order valence-corrected chi connectivity index (χ0v) is 23.5. The number of amides is 1. The van der Waals surface area contributed by atoms with Gasteiger partial charge in [-0.3, -0.25) is 4.90 Å². The van der Waals surface area contributed by atoms with Crippen LogP contribution in [0.5, 0.6) is 0 Å². The van der Waals surface area contributed by atoms with E-state index in [1.807, 2.05) is 42.1 Å². The lowest BCUT2D eigenvalue weighted by molar-refractivity contribution is -0.943. The summed E-state index contributed by atoms with van der Waals surface area (Å²) in [4.78, 5) is 17.7. The third kappa shape index (κ3) is 6.63. The summed E-state index contributed by atoms with van der Waals surface area (Å²) >= 11 is 7.11. The number of nitrogens with zero attached hydrogens (tertiary/aromatic N) is 2. The Morgan fingerprint density at radius 2 is 1.77 bits per heavy atom. The maximum atomic E-state index is 13.5. The molecule has 186 valence electrons. The maximum Gasteiger partial charge on any atom is 0.415 e. The molecule has 0 unspecified atom stereocenters. The molecule has 0 saturated carbocycles. The zero-order chi connectivity index (χ0) is 23.4. The number of rotatable bonds is 8. The van der Waals surface area contributed by atoms with Crippen molar-refractivity contribution in [1.29, 1.82) is 0 Å². The Morgan fingerprint density at radius 1 is 1.09 bits per heavy atom. The van der Waals surface area contributed by atoms with Gasteiger partial charge in [0.1, 0.15) is 6.54 Å². The number of anilines is 1. The number of thiophene rings is 1. The van der Waals surface area contributed by atoms with Gasteiger partial charge in [0.15, 0.2) is 6.10 Å². The summed E-state index contributed by atoms with van der Waals surface area (Å²) in [7, 11) is 0. The van der Waals surface area contributed by atoms with Crippen LogP contribution in [0.4, 0.5) is 10.5 Å². The minimum atomic E-state index is -0.230. The van der Waals surface area contributed by atoms with Crippen LogP contribution < -0.4 is 17.3 Å². The van der Waals surface area contributed by atoms with E-state index < -0.39 is 0 Å². The number of ether oxygens (including phenoxy) is 1. The fraction of sp³-hybridized carbons (Fsp3) is 0.370. The minimum absolute atomic E-state index is 0. The smallest absolute Gasteiger partial charge is 0.415 e. The van der Waals surface area contributed by atoms with Gasteiger partial charge < -0.3 is 21.6 Å². The molecule has 2 aromatic carbocycles. The van der Waals surface area contributed by atoms with Crippen LogP contribution in [-0.2, 0) is 11.3 Å². The van der Waals surface area contributed by atoms with Crippen molar-refractivity contribution in [2.75, 3.05) is 36.8 Å². The van der Waals surface area contributed by atoms with Crippen LogP contribution in [0.3, 0.4) is 0 Å². The minimum Gasteiger partial charge on any atom is -1.00 e. The first-order valence-corrected chi connectivity index (χ1v) is 14.6. The van der Waals surface area contributed by atoms with Crippen LogP contribution in [0.25, 0.3) is 0 Å². The largest absolute Gasteiger partial charge is 1.00 e. The molecule has 8 heteroatoms. The summed E-state index contributed by atoms with van der Waals surface area (Å²) in [5, 5.41) is 2.05. The topological polar surface area (TPSA) is 29.5 Å². The van der Waals surface area contributed by atoms with Crippen LogP contribution in [-0.4, -0.2) is 48.6 Å². The SMILES string of the molecule is O=C(O[C@H]1C[N+]2(CCSc3ccccc3)CCC1CC2)N(Cc1cc(Br)cs1)c1ccccc1.[Cl-]. The van der Waals surface area contributed by atoms with Crippen molar-refractivity contribution in [2.24, 2.45) is 5.92 Å². The standard InChI is InChI=1S/C27H30BrN2O2S2.ClH/c28-22-17-25(34-20-22)18-29(23-7-3-1-4-8-23)27(31)32-26-19-30(13-11-21(26)12-14-30)15-16-33-24-9-5-2-6-10-24;/h1-10,17,20-21,26H,11-16,18-19H2;1H/q+1;/p-1/t21?,26-,30?;/m0./s1.